The van der Waals surface area contributed by atoms with Gasteiger partial charge in [0, 0.05) is 12.6 Å². The molecule has 1 aliphatic heterocycles. The van der Waals surface area contributed by atoms with E-state index in [9.17, 15) is 0 Å². The van der Waals surface area contributed by atoms with Gasteiger partial charge in [0.05, 0.1) is 6.10 Å². The van der Waals surface area contributed by atoms with E-state index >= 15 is 0 Å². The summed E-state index contributed by atoms with van der Waals surface area (Å²) >= 11 is 0. The molecule has 1 atom stereocenters. The molecule has 1 aromatic carbocycles. The van der Waals surface area contributed by atoms with Crippen LogP contribution in [-0.2, 0) is 6.42 Å². The van der Waals surface area contributed by atoms with Crippen LogP contribution in [0.15, 0.2) is 24.3 Å². The number of ether oxygens (including phenoxy) is 1. The highest BCUT2D eigenvalue weighted by atomic mass is 16.5. The van der Waals surface area contributed by atoms with Crippen molar-refractivity contribution in [2.45, 2.75) is 45.3 Å². The molecule has 0 spiro atoms. The molecule has 0 aromatic heterocycles. The summed E-state index contributed by atoms with van der Waals surface area (Å²) in [6.07, 6.45) is 3.96. The fraction of sp³-hybridized carbons (Fsp3) is 0.625. The van der Waals surface area contributed by atoms with E-state index in [4.69, 9.17) is 4.74 Å². The molecule has 0 bridgehead atoms. The maximum Gasteiger partial charge on any atom is 0.119 e. The van der Waals surface area contributed by atoms with Gasteiger partial charge in [-0.15, -0.1) is 0 Å². The van der Waals surface area contributed by atoms with Crippen LogP contribution in [0.1, 0.15) is 32.3 Å². The Kier molecular flexibility index (Phi) is 5.67. The predicted molar refractivity (Wildman–Crippen MR) is 79.8 cm³/mol. The highest BCUT2D eigenvalue weighted by molar-refractivity contribution is 5.27. The average Bonchev–Trinajstić information content (AvgIpc) is 2.89. The van der Waals surface area contributed by atoms with Gasteiger partial charge in [-0.3, -0.25) is 0 Å². The van der Waals surface area contributed by atoms with E-state index in [1.807, 2.05) is 0 Å². The van der Waals surface area contributed by atoms with E-state index in [1.54, 1.807) is 0 Å². The van der Waals surface area contributed by atoms with Crippen LogP contribution >= 0.6 is 0 Å². The number of nitrogens with one attached hydrogen (secondary N) is 2. The second-order valence-electron chi connectivity index (χ2n) is 5.56. The van der Waals surface area contributed by atoms with Crippen LogP contribution < -0.4 is 15.4 Å². The Bertz CT molecular complexity index is 356. The lowest BCUT2D eigenvalue weighted by atomic mass is 10.1. The van der Waals surface area contributed by atoms with Crippen LogP contribution in [0.4, 0.5) is 0 Å². The van der Waals surface area contributed by atoms with Crippen molar-refractivity contribution in [3.8, 4) is 5.75 Å². The Morgan fingerprint density at radius 1 is 1.32 bits per heavy atom. The zero-order valence-corrected chi connectivity index (χ0v) is 12.1. The quantitative estimate of drug-likeness (QED) is 0.740. The molecule has 106 valence electrons. The molecule has 1 aliphatic rings. The standard InChI is InChI=1S/C16H26N2O/c1-13(2)19-16-7-5-14(6-8-16)9-11-17-12-15-4-3-10-18-15/h5-8,13,15,17-18H,3-4,9-12H2,1-2H3. The molecular formula is C16H26N2O. The first-order valence-electron chi connectivity index (χ1n) is 7.44. The van der Waals surface area contributed by atoms with Gasteiger partial charge in [-0.2, -0.15) is 0 Å². The normalized spacial score (nSPS) is 19.0. The summed E-state index contributed by atoms with van der Waals surface area (Å²) < 4.78 is 5.64. The maximum absolute atomic E-state index is 5.64. The van der Waals surface area contributed by atoms with Crippen LogP contribution in [-0.4, -0.2) is 31.8 Å². The third-order valence-electron chi connectivity index (χ3n) is 3.44. The average molecular weight is 262 g/mol. The molecule has 0 saturated carbocycles. The van der Waals surface area contributed by atoms with Gasteiger partial charge >= 0.3 is 0 Å². The van der Waals surface area contributed by atoms with Crippen LogP contribution in [0.25, 0.3) is 0 Å². The van der Waals surface area contributed by atoms with Gasteiger partial charge < -0.3 is 15.4 Å². The summed E-state index contributed by atoms with van der Waals surface area (Å²) in [7, 11) is 0. The SMILES string of the molecule is CC(C)Oc1ccc(CCNCC2CCCN2)cc1. The molecule has 1 unspecified atom stereocenters. The van der Waals surface area contributed by atoms with Crippen molar-refractivity contribution in [2.24, 2.45) is 0 Å². The lowest BCUT2D eigenvalue weighted by Gasteiger charge is -2.12. The summed E-state index contributed by atoms with van der Waals surface area (Å²) in [5, 5.41) is 7.03. The van der Waals surface area contributed by atoms with Gasteiger partial charge in [-0.25, -0.2) is 0 Å². The Hall–Kier alpha value is -1.06. The summed E-state index contributed by atoms with van der Waals surface area (Å²) in [6.45, 7) is 7.42. The van der Waals surface area contributed by atoms with Gasteiger partial charge in [0.15, 0.2) is 0 Å². The third-order valence-corrected chi connectivity index (χ3v) is 3.44. The highest BCUT2D eigenvalue weighted by Crippen LogP contribution is 2.14. The molecule has 3 nitrogen and oxygen atoms in total. The third kappa shape index (κ3) is 5.21. The van der Waals surface area contributed by atoms with E-state index in [0.29, 0.717) is 6.04 Å². The number of hydrogen-bond acceptors (Lipinski definition) is 3. The zero-order chi connectivity index (χ0) is 13.5. The van der Waals surface area contributed by atoms with E-state index in [0.717, 1.165) is 25.3 Å². The largest absolute Gasteiger partial charge is 0.491 e. The minimum atomic E-state index is 0.242. The summed E-state index contributed by atoms with van der Waals surface area (Å²) in [6, 6.07) is 9.13. The second-order valence-corrected chi connectivity index (χ2v) is 5.56. The minimum Gasteiger partial charge on any atom is -0.491 e. The van der Waals surface area contributed by atoms with Gasteiger partial charge in [0.2, 0.25) is 0 Å². The molecule has 19 heavy (non-hydrogen) atoms. The van der Waals surface area contributed by atoms with E-state index in [1.165, 1.54) is 24.9 Å². The first-order chi connectivity index (χ1) is 9.24. The van der Waals surface area contributed by atoms with E-state index in [2.05, 4.69) is 48.7 Å². The smallest absolute Gasteiger partial charge is 0.119 e. The van der Waals surface area contributed by atoms with Crippen molar-refractivity contribution in [1.29, 1.82) is 0 Å². The number of benzene rings is 1. The molecule has 0 radical (unpaired) electrons. The van der Waals surface area contributed by atoms with Crippen LogP contribution in [0.3, 0.4) is 0 Å². The maximum atomic E-state index is 5.64. The second kappa shape index (κ2) is 7.51. The molecule has 0 amide bonds. The molecule has 1 heterocycles. The van der Waals surface area contributed by atoms with Crippen LogP contribution in [0.2, 0.25) is 0 Å². The summed E-state index contributed by atoms with van der Waals surface area (Å²) in [5.74, 6) is 0.960. The Morgan fingerprint density at radius 3 is 2.74 bits per heavy atom. The minimum absolute atomic E-state index is 0.242. The molecule has 0 aliphatic carbocycles. The molecule has 1 fully saturated rings. The van der Waals surface area contributed by atoms with Gasteiger partial charge in [-0.1, -0.05) is 12.1 Å². The number of hydrogen-bond donors (Lipinski definition) is 2. The highest BCUT2D eigenvalue weighted by Gasteiger charge is 2.12. The fourth-order valence-corrected chi connectivity index (χ4v) is 2.45. The van der Waals surface area contributed by atoms with Gasteiger partial charge in [-0.05, 0) is 63.9 Å². The van der Waals surface area contributed by atoms with Crippen molar-refractivity contribution in [2.75, 3.05) is 19.6 Å². The van der Waals surface area contributed by atoms with Crippen molar-refractivity contribution < 1.29 is 4.74 Å². The van der Waals surface area contributed by atoms with Gasteiger partial charge in [0.25, 0.3) is 0 Å². The van der Waals surface area contributed by atoms with Crippen molar-refractivity contribution in [3.05, 3.63) is 29.8 Å². The van der Waals surface area contributed by atoms with Gasteiger partial charge in [0.1, 0.15) is 5.75 Å². The molecule has 1 saturated heterocycles. The monoisotopic (exact) mass is 262 g/mol. The van der Waals surface area contributed by atoms with E-state index in [-0.39, 0.29) is 6.10 Å². The topological polar surface area (TPSA) is 33.3 Å². The van der Waals surface area contributed by atoms with Crippen molar-refractivity contribution in [1.82, 2.24) is 10.6 Å². The first kappa shape index (κ1) is 14.4. The molecule has 2 N–H and O–H groups in total. The molecule has 2 rings (SSSR count). The molecule has 3 heteroatoms. The van der Waals surface area contributed by atoms with Crippen molar-refractivity contribution in [3.63, 3.8) is 0 Å². The lowest BCUT2D eigenvalue weighted by Crippen LogP contribution is -2.34. The first-order valence-corrected chi connectivity index (χ1v) is 7.44. The lowest BCUT2D eigenvalue weighted by molar-refractivity contribution is 0.242. The van der Waals surface area contributed by atoms with Crippen LogP contribution in [0, 0.1) is 0 Å². The fourth-order valence-electron chi connectivity index (χ4n) is 2.45. The van der Waals surface area contributed by atoms with E-state index < -0.39 is 0 Å². The molecule has 1 aromatic rings. The van der Waals surface area contributed by atoms with Crippen molar-refractivity contribution >= 4 is 0 Å². The Morgan fingerprint density at radius 2 is 2.11 bits per heavy atom. The predicted octanol–water partition coefficient (Wildman–Crippen LogP) is 2.36. The summed E-state index contributed by atoms with van der Waals surface area (Å²) in [5.41, 5.74) is 1.36. The van der Waals surface area contributed by atoms with Crippen LogP contribution in [0.5, 0.6) is 5.75 Å². The Balaban J connectivity index is 1.65. The number of rotatable bonds is 7. The summed E-state index contributed by atoms with van der Waals surface area (Å²) in [4.78, 5) is 0. The molecular weight excluding hydrogens is 236 g/mol. The zero-order valence-electron chi connectivity index (χ0n) is 12.1. The Labute approximate surface area is 116 Å².